The van der Waals surface area contributed by atoms with Crippen LogP contribution in [0, 0.1) is 11.3 Å². The normalized spacial score (nSPS) is 10.6. The highest BCUT2D eigenvalue weighted by molar-refractivity contribution is 6.25. The molecule has 0 heterocycles. The van der Waals surface area contributed by atoms with Crippen molar-refractivity contribution in [3.05, 3.63) is 95.6 Å². The van der Waals surface area contributed by atoms with Gasteiger partial charge in [0.2, 0.25) is 0 Å². The smallest absolute Gasteiger partial charge is 0.194 e. The topological polar surface area (TPSA) is 40.9 Å². The van der Waals surface area contributed by atoms with Crippen LogP contribution in [0.25, 0.3) is 21.5 Å². The van der Waals surface area contributed by atoms with Gasteiger partial charge in [-0.15, -0.1) is 0 Å². The van der Waals surface area contributed by atoms with Gasteiger partial charge in [-0.3, -0.25) is 4.79 Å². The molecule has 0 fully saturated rings. The molecule has 0 spiro atoms. The van der Waals surface area contributed by atoms with Crippen LogP contribution >= 0.6 is 0 Å². The minimum atomic E-state index is -0.0208. The Morgan fingerprint density at radius 1 is 0.667 bits per heavy atom. The number of hydrogen-bond acceptors (Lipinski definition) is 2. The molecule has 4 aromatic rings. The second-order valence-corrected chi connectivity index (χ2v) is 5.65. The van der Waals surface area contributed by atoms with E-state index in [0.29, 0.717) is 16.7 Å². The maximum absolute atomic E-state index is 13.2. The summed E-state index contributed by atoms with van der Waals surface area (Å²) in [6, 6.07) is 26.8. The summed E-state index contributed by atoms with van der Waals surface area (Å²) in [6.07, 6.45) is 0. The summed E-state index contributed by atoms with van der Waals surface area (Å²) in [5.41, 5.74) is 1.93. The Bertz CT molecular complexity index is 1060. The van der Waals surface area contributed by atoms with E-state index < -0.39 is 0 Å². The number of carbonyl (C=O) groups is 1. The SMILES string of the molecule is N#Cc1c2ccccc2c(C(=O)c2ccccc2)c2ccccc12. The number of carbonyl (C=O) groups excluding carboxylic acids is 1. The van der Waals surface area contributed by atoms with Gasteiger partial charge in [-0.25, -0.2) is 0 Å². The number of nitriles is 1. The van der Waals surface area contributed by atoms with Crippen LogP contribution in [0.2, 0.25) is 0 Å². The maximum Gasteiger partial charge on any atom is 0.194 e. The molecule has 0 aliphatic rings. The molecule has 0 unspecified atom stereocenters. The number of benzene rings is 4. The molecule has 0 saturated heterocycles. The molecule has 0 N–H and O–H groups in total. The van der Waals surface area contributed by atoms with E-state index >= 15 is 0 Å². The molecule has 0 saturated carbocycles. The molecule has 2 nitrogen and oxygen atoms in total. The predicted octanol–water partition coefficient (Wildman–Crippen LogP) is 5.10. The Morgan fingerprint density at radius 2 is 1.12 bits per heavy atom. The van der Waals surface area contributed by atoms with E-state index in [1.54, 1.807) is 0 Å². The van der Waals surface area contributed by atoms with Crippen molar-refractivity contribution >= 4 is 27.3 Å². The molecule has 2 heteroatoms. The van der Waals surface area contributed by atoms with Gasteiger partial charge in [0, 0.05) is 21.9 Å². The first-order chi connectivity index (χ1) is 11.8. The van der Waals surface area contributed by atoms with Crippen LogP contribution in [0.5, 0.6) is 0 Å². The quantitative estimate of drug-likeness (QED) is 0.382. The Labute approximate surface area is 139 Å². The lowest BCUT2D eigenvalue weighted by Crippen LogP contribution is -2.04. The van der Waals surface area contributed by atoms with Gasteiger partial charge in [-0.1, -0.05) is 78.9 Å². The fraction of sp³-hybridized carbons (Fsp3) is 0. The van der Waals surface area contributed by atoms with Crippen molar-refractivity contribution in [3.63, 3.8) is 0 Å². The number of hydrogen-bond donors (Lipinski definition) is 0. The number of nitrogens with zero attached hydrogens (tertiary/aromatic N) is 1. The fourth-order valence-corrected chi connectivity index (χ4v) is 3.23. The fourth-order valence-electron chi connectivity index (χ4n) is 3.23. The van der Waals surface area contributed by atoms with Crippen LogP contribution in [0.4, 0.5) is 0 Å². The van der Waals surface area contributed by atoms with Crippen LogP contribution < -0.4 is 0 Å². The number of fused-ring (bicyclic) bond motifs is 2. The summed E-state index contributed by atoms with van der Waals surface area (Å²) in [5, 5.41) is 12.9. The Hall–Kier alpha value is -3.44. The summed E-state index contributed by atoms with van der Waals surface area (Å²) < 4.78 is 0. The van der Waals surface area contributed by atoms with Gasteiger partial charge < -0.3 is 0 Å². The van der Waals surface area contributed by atoms with E-state index in [1.807, 2.05) is 78.9 Å². The lowest BCUT2D eigenvalue weighted by atomic mass is 9.88. The van der Waals surface area contributed by atoms with Gasteiger partial charge in [-0.2, -0.15) is 5.26 Å². The lowest BCUT2D eigenvalue weighted by molar-refractivity contribution is 0.104. The Morgan fingerprint density at radius 3 is 1.62 bits per heavy atom. The van der Waals surface area contributed by atoms with Crippen LogP contribution in [0.1, 0.15) is 21.5 Å². The summed E-state index contributed by atoms with van der Waals surface area (Å²) in [7, 11) is 0. The standard InChI is InChI=1S/C22H13NO/c23-14-20-16-10-4-6-12-18(16)21(19-13-7-5-11-17(19)20)22(24)15-8-2-1-3-9-15/h1-13H. The first-order valence-electron chi connectivity index (χ1n) is 7.74. The van der Waals surface area contributed by atoms with Crippen molar-refractivity contribution in [2.45, 2.75) is 0 Å². The van der Waals surface area contributed by atoms with Crippen molar-refractivity contribution in [2.24, 2.45) is 0 Å². The van der Waals surface area contributed by atoms with E-state index in [4.69, 9.17) is 0 Å². The van der Waals surface area contributed by atoms with E-state index in [2.05, 4.69) is 6.07 Å². The second-order valence-electron chi connectivity index (χ2n) is 5.65. The monoisotopic (exact) mass is 307 g/mol. The van der Waals surface area contributed by atoms with E-state index in [9.17, 15) is 10.1 Å². The lowest BCUT2D eigenvalue weighted by Gasteiger charge is -2.13. The summed E-state index contributed by atoms with van der Waals surface area (Å²) in [5.74, 6) is -0.0208. The molecule has 0 radical (unpaired) electrons. The largest absolute Gasteiger partial charge is 0.289 e. The molecule has 112 valence electrons. The average molecular weight is 307 g/mol. The molecule has 0 aliphatic heterocycles. The molecule has 4 rings (SSSR count). The zero-order chi connectivity index (χ0) is 16.5. The van der Waals surface area contributed by atoms with E-state index in [0.717, 1.165) is 21.5 Å². The molecular formula is C22H13NO. The highest BCUT2D eigenvalue weighted by Crippen LogP contribution is 2.33. The first kappa shape index (κ1) is 14.2. The highest BCUT2D eigenvalue weighted by Gasteiger charge is 2.19. The zero-order valence-electron chi connectivity index (χ0n) is 12.9. The summed E-state index contributed by atoms with van der Waals surface area (Å²) in [6.45, 7) is 0. The van der Waals surface area contributed by atoms with Crippen molar-refractivity contribution in [3.8, 4) is 6.07 Å². The van der Waals surface area contributed by atoms with Gasteiger partial charge in [0.05, 0.1) is 5.56 Å². The van der Waals surface area contributed by atoms with Crippen LogP contribution in [0.3, 0.4) is 0 Å². The van der Waals surface area contributed by atoms with Gasteiger partial charge in [0.25, 0.3) is 0 Å². The first-order valence-corrected chi connectivity index (χ1v) is 7.74. The van der Waals surface area contributed by atoms with Crippen LogP contribution in [0.15, 0.2) is 78.9 Å². The predicted molar refractivity (Wildman–Crippen MR) is 96.0 cm³/mol. The molecular weight excluding hydrogens is 294 g/mol. The van der Waals surface area contributed by atoms with E-state index in [-0.39, 0.29) is 5.78 Å². The molecule has 0 aromatic heterocycles. The Kier molecular flexibility index (Phi) is 3.33. The third kappa shape index (κ3) is 2.07. The molecule has 4 aromatic carbocycles. The average Bonchev–Trinajstić information content (AvgIpc) is 2.66. The van der Waals surface area contributed by atoms with E-state index in [1.165, 1.54) is 0 Å². The van der Waals surface area contributed by atoms with Crippen molar-refractivity contribution in [1.82, 2.24) is 0 Å². The van der Waals surface area contributed by atoms with Crippen molar-refractivity contribution in [1.29, 1.82) is 5.26 Å². The number of rotatable bonds is 2. The Balaban J connectivity index is 2.18. The minimum absolute atomic E-state index is 0.0208. The van der Waals surface area contributed by atoms with Gasteiger partial charge in [0.1, 0.15) is 6.07 Å². The molecule has 0 bridgehead atoms. The van der Waals surface area contributed by atoms with Crippen molar-refractivity contribution < 1.29 is 4.79 Å². The summed E-state index contributed by atoms with van der Waals surface area (Å²) in [4.78, 5) is 13.2. The van der Waals surface area contributed by atoms with Crippen LogP contribution in [-0.4, -0.2) is 5.78 Å². The van der Waals surface area contributed by atoms with Crippen molar-refractivity contribution in [2.75, 3.05) is 0 Å². The summed E-state index contributed by atoms with van der Waals surface area (Å²) >= 11 is 0. The third-order valence-electron chi connectivity index (χ3n) is 4.31. The van der Waals surface area contributed by atoms with Crippen LogP contribution in [-0.2, 0) is 0 Å². The zero-order valence-corrected chi connectivity index (χ0v) is 12.9. The van der Waals surface area contributed by atoms with Gasteiger partial charge >= 0.3 is 0 Å². The molecule has 0 atom stereocenters. The molecule has 24 heavy (non-hydrogen) atoms. The minimum Gasteiger partial charge on any atom is -0.289 e. The second kappa shape index (κ2) is 5.64. The maximum atomic E-state index is 13.2. The van der Waals surface area contributed by atoms with Gasteiger partial charge in [0.15, 0.2) is 5.78 Å². The third-order valence-corrected chi connectivity index (χ3v) is 4.31. The molecule has 0 aliphatic carbocycles. The molecule has 0 amide bonds. The van der Waals surface area contributed by atoms with Gasteiger partial charge in [-0.05, 0) is 10.8 Å². The highest BCUT2D eigenvalue weighted by atomic mass is 16.1. The number of ketones is 1.